The average molecular weight is 174 g/mol. The van der Waals surface area contributed by atoms with Crippen LogP contribution in [0.1, 0.15) is 33.6 Å². The van der Waals surface area contributed by atoms with E-state index in [1.54, 1.807) is 0 Å². The lowest BCUT2D eigenvalue weighted by Gasteiger charge is -2.32. The molecule has 2 heteroatoms. The van der Waals surface area contributed by atoms with Crippen LogP contribution < -0.4 is 0 Å². The van der Waals surface area contributed by atoms with Gasteiger partial charge in [0, 0.05) is 12.6 Å². The second-order valence-corrected chi connectivity index (χ2v) is 5.33. The van der Waals surface area contributed by atoms with Crippen LogP contribution >= 0.6 is 11.8 Å². The Bertz CT molecular complexity index is 187. The van der Waals surface area contributed by atoms with Crippen molar-refractivity contribution in [1.29, 1.82) is 0 Å². The molecule has 64 valence electrons. The number of fused-ring (bicyclic) bond motifs is 2. The Labute approximate surface area is 73.8 Å². The van der Waals surface area contributed by atoms with Gasteiger partial charge in [0.2, 0.25) is 0 Å². The molecule has 2 unspecified atom stereocenters. The van der Waals surface area contributed by atoms with E-state index in [0.29, 0.717) is 16.9 Å². The van der Waals surface area contributed by atoms with Gasteiger partial charge in [0.25, 0.3) is 0 Å². The third-order valence-corrected chi connectivity index (χ3v) is 4.55. The third kappa shape index (κ3) is 0.762. The molecule has 1 saturated heterocycles. The summed E-state index contributed by atoms with van der Waals surface area (Å²) < 4.78 is 2.02. The van der Waals surface area contributed by atoms with Gasteiger partial charge in [0.1, 0.15) is 0 Å². The predicted molar refractivity (Wildman–Crippen MR) is 47.5 cm³/mol. The molecule has 1 heterocycles. The zero-order valence-corrected chi connectivity index (χ0v) is 8.28. The van der Waals surface area contributed by atoms with Gasteiger partial charge in [-0.1, -0.05) is 20.8 Å². The van der Waals surface area contributed by atoms with E-state index in [9.17, 15) is 0 Å². The molecule has 0 spiro atoms. The summed E-state index contributed by atoms with van der Waals surface area (Å²) in [6.45, 7) is 8.15. The van der Waals surface area contributed by atoms with Crippen molar-refractivity contribution in [2.24, 2.45) is 10.8 Å². The largest absolute Gasteiger partial charge is 0.216 e. The second-order valence-electron chi connectivity index (χ2n) is 4.89. The minimum Gasteiger partial charge on any atom is -0.216 e. The molecule has 0 radical (unpaired) electrons. The summed E-state index contributed by atoms with van der Waals surface area (Å²) in [4.78, 5) is 0. The van der Waals surface area contributed by atoms with E-state index in [2.05, 4.69) is 20.8 Å². The molecule has 1 aliphatic carbocycles. The lowest BCUT2D eigenvalue weighted by atomic mass is 9.71. The van der Waals surface area contributed by atoms with Gasteiger partial charge in [-0.15, -0.1) is 0 Å². The SMILES string of the molecule is CC12CCC(N(Cl)C1)C2(C)C. The van der Waals surface area contributed by atoms with Gasteiger partial charge in [0.15, 0.2) is 0 Å². The Morgan fingerprint density at radius 3 is 2.18 bits per heavy atom. The zero-order chi connectivity index (χ0) is 8.28. The lowest BCUT2D eigenvalue weighted by Crippen LogP contribution is -2.30. The van der Waals surface area contributed by atoms with E-state index in [4.69, 9.17) is 11.8 Å². The second kappa shape index (κ2) is 1.94. The molecule has 2 aliphatic rings. The lowest BCUT2D eigenvalue weighted by molar-refractivity contribution is 0.182. The van der Waals surface area contributed by atoms with E-state index >= 15 is 0 Å². The average Bonchev–Trinajstić information content (AvgIpc) is 2.13. The molecule has 0 amide bonds. The van der Waals surface area contributed by atoms with Crippen LogP contribution in [0.2, 0.25) is 0 Å². The zero-order valence-electron chi connectivity index (χ0n) is 7.52. The fraction of sp³-hybridized carbons (Fsp3) is 1.00. The molecular formula is C9H16ClN. The molecule has 0 N–H and O–H groups in total. The summed E-state index contributed by atoms with van der Waals surface area (Å²) in [6, 6.07) is 0.620. The Kier molecular flexibility index (Phi) is 1.39. The van der Waals surface area contributed by atoms with Gasteiger partial charge >= 0.3 is 0 Å². The summed E-state index contributed by atoms with van der Waals surface area (Å²) in [5, 5.41) is 0. The summed E-state index contributed by atoms with van der Waals surface area (Å²) >= 11 is 6.12. The molecule has 2 rings (SSSR count). The summed E-state index contributed by atoms with van der Waals surface area (Å²) in [6.07, 6.45) is 2.64. The van der Waals surface area contributed by atoms with Crippen molar-refractivity contribution in [1.82, 2.24) is 4.42 Å². The monoisotopic (exact) mass is 173 g/mol. The van der Waals surface area contributed by atoms with Gasteiger partial charge in [-0.25, -0.2) is 4.42 Å². The fourth-order valence-corrected chi connectivity index (χ4v) is 3.36. The molecule has 11 heavy (non-hydrogen) atoms. The van der Waals surface area contributed by atoms with Gasteiger partial charge < -0.3 is 0 Å². The van der Waals surface area contributed by atoms with Crippen LogP contribution in [-0.2, 0) is 0 Å². The molecule has 2 fully saturated rings. The van der Waals surface area contributed by atoms with Crippen molar-refractivity contribution in [3.63, 3.8) is 0 Å². The number of piperidine rings is 1. The summed E-state index contributed by atoms with van der Waals surface area (Å²) in [7, 11) is 0. The smallest absolute Gasteiger partial charge is 0.0308 e. The summed E-state index contributed by atoms with van der Waals surface area (Å²) in [5.74, 6) is 0. The number of halogens is 1. The van der Waals surface area contributed by atoms with Gasteiger partial charge in [-0.05, 0) is 35.4 Å². The highest BCUT2D eigenvalue weighted by atomic mass is 35.5. The predicted octanol–water partition coefficient (Wildman–Crippen LogP) is 2.65. The molecule has 2 bridgehead atoms. The quantitative estimate of drug-likeness (QED) is 0.509. The standard InChI is InChI=1S/C9H16ClN/c1-8(2)7-4-5-9(8,3)6-11(7)10/h7H,4-6H2,1-3H3. The maximum atomic E-state index is 6.12. The van der Waals surface area contributed by atoms with Crippen molar-refractivity contribution in [3.8, 4) is 0 Å². The highest BCUT2D eigenvalue weighted by Crippen LogP contribution is 2.60. The van der Waals surface area contributed by atoms with Gasteiger partial charge in [0.05, 0.1) is 0 Å². The van der Waals surface area contributed by atoms with Crippen molar-refractivity contribution < 1.29 is 0 Å². The number of rotatable bonds is 0. The van der Waals surface area contributed by atoms with Crippen LogP contribution in [0, 0.1) is 10.8 Å². The van der Waals surface area contributed by atoms with Crippen molar-refractivity contribution >= 4 is 11.8 Å². The van der Waals surface area contributed by atoms with E-state index in [0.717, 1.165) is 6.54 Å². The number of hydrogen-bond donors (Lipinski definition) is 0. The topological polar surface area (TPSA) is 3.24 Å². The first-order valence-corrected chi connectivity index (χ1v) is 4.74. The number of nitrogens with zero attached hydrogens (tertiary/aromatic N) is 1. The molecule has 1 aliphatic heterocycles. The maximum absolute atomic E-state index is 6.12. The number of hydrogen-bond acceptors (Lipinski definition) is 1. The van der Waals surface area contributed by atoms with E-state index in [1.165, 1.54) is 12.8 Å². The molecule has 1 nitrogen and oxygen atoms in total. The Morgan fingerprint density at radius 1 is 1.36 bits per heavy atom. The van der Waals surface area contributed by atoms with Crippen molar-refractivity contribution in [2.75, 3.05) is 6.54 Å². The van der Waals surface area contributed by atoms with Crippen LogP contribution in [0.4, 0.5) is 0 Å². The highest BCUT2D eigenvalue weighted by Gasteiger charge is 2.59. The van der Waals surface area contributed by atoms with Crippen LogP contribution in [0.15, 0.2) is 0 Å². The van der Waals surface area contributed by atoms with Gasteiger partial charge in [-0.2, -0.15) is 0 Å². The van der Waals surface area contributed by atoms with E-state index in [-0.39, 0.29) is 0 Å². The van der Waals surface area contributed by atoms with Crippen molar-refractivity contribution in [3.05, 3.63) is 0 Å². The van der Waals surface area contributed by atoms with Crippen LogP contribution in [0.25, 0.3) is 0 Å². The van der Waals surface area contributed by atoms with E-state index < -0.39 is 0 Å². The molecule has 1 saturated carbocycles. The normalized spacial score (nSPS) is 48.5. The molecule has 2 atom stereocenters. The van der Waals surface area contributed by atoms with Crippen LogP contribution in [0.5, 0.6) is 0 Å². The summed E-state index contributed by atoms with van der Waals surface area (Å²) in [5.41, 5.74) is 0.897. The molecule has 0 aromatic carbocycles. The van der Waals surface area contributed by atoms with Gasteiger partial charge in [-0.3, -0.25) is 0 Å². The van der Waals surface area contributed by atoms with Crippen LogP contribution in [-0.4, -0.2) is 17.0 Å². The molecule has 0 aromatic heterocycles. The Balaban J connectivity index is 2.37. The third-order valence-electron chi connectivity index (χ3n) is 4.20. The Hall–Kier alpha value is 0.250. The first-order valence-electron chi connectivity index (χ1n) is 4.40. The van der Waals surface area contributed by atoms with E-state index in [1.807, 2.05) is 4.42 Å². The first kappa shape index (κ1) is 7.88. The first-order chi connectivity index (χ1) is 4.97. The molecular weight excluding hydrogens is 158 g/mol. The maximum Gasteiger partial charge on any atom is 0.0308 e. The minimum atomic E-state index is 0.425. The van der Waals surface area contributed by atoms with Crippen molar-refractivity contribution in [2.45, 2.75) is 39.7 Å². The minimum absolute atomic E-state index is 0.425. The van der Waals surface area contributed by atoms with Crippen LogP contribution in [0.3, 0.4) is 0 Å². The Morgan fingerprint density at radius 2 is 2.00 bits per heavy atom. The fourth-order valence-electron chi connectivity index (χ4n) is 2.76. The highest BCUT2D eigenvalue weighted by molar-refractivity contribution is 6.13. The molecule has 0 aromatic rings.